The zero-order valence-corrected chi connectivity index (χ0v) is 12.8. The SMILES string of the molecule is CCCNC(c1cc(C)sc1C)c1cccc(F)c1F. The van der Waals surface area contributed by atoms with Crippen molar-refractivity contribution in [2.75, 3.05) is 6.54 Å². The number of rotatable bonds is 5. The molecule has 1 heterocycles. The van der Waals surface area contributed by atoms with Crippen LogP contribution in [0.15, 0.2) is 24.3 Å². The second-order valence-electron chi connectivity index (χ2n) is 4.90. The highest BCUT2D eigenvalue weighted by Gasteiger charge is 2.22. The minimum Gasteiger partial charge on any atom is -0.306 e. The Hall–Kier alpha value is -1.26. The molecule has 0 bridgehead atoms. The first-order valence-electron chi connectivity index (χ1n) is 6.78. The molecular weight excluding hydrogens is 276 g/mol. The molecule has 0 amide bonds. The number of hydrogen-bond acceptors (Lipinski definition) is 2. The fourth-order valence-electron chi connectivity index (χ4n) is 2.36. The summed E-state index contributed by atoms with van der Waals surface area (Å²) in [6, 6.07) is 6.12. The van der Waals surface area contributed by atoms with Crippen LogP contribution in [0, 0.1) is 25.5 Å². The molecule has 0 aliphatic rings. The third kappa shape index (κ3) is 3.07. The molecule has 0 saturated carbocycles. The van der Waals surface area contributed by atoms with Crippen molar-refractivity contribution in [1.82, 2.24) is 5.32 Å². The number of halogens is 2. The molecule has 2 aromatic rings. The third-order valence-electron chi connectivity index (χ3n) is 3.28. The van der Waals surface area contributed by atoms with E-state index in [9.17, 15) is 8.78 Å². The van der Waals surface area contributed by atoms with E-state index < -0.39 is 11.6 Å². The minimum absolute atomic E-state index is 0.296. The van der Waals surface area contributed by atoms with Gasteiger partial charge in [0.1, 0.15) is 0 Å². The lowest BCUT2D eigenvalue weighted by molar-refractivity contribution is 0.480. The lowest BCUT2D eigenvalue weighted by Crippen LogP contribution is -2.24. The zero-order chi connectivity index (χ0) is 14.7. The summed E-state index contributed by atoms with van der Waals surface area (Å²) in [5.74, 6) is -1.56. The second kappa shape index (κ2) is 6.46. The van der Waals surface area contributed by atoms with Gasteiger partial charge in [-0.25, -0.2) is 8.78 Å². The van der Waals surface area contributed by atoms with E-state index in [-0.39, 0.29) is 6.04 Å². The Kier molecular flexibility index (Phi) is 4.89. The maximum Gasteiger partial charge on any atom is 0.163 e. The van der Waals surface area contributed by atoms with Gasteiger partial charge in [-0.2, -0.15) is 0 Å². The predicted molar refractivity (Wildman–Crippen MR) is 80.3 cm³/mol. The Morgan fingerprint density at radius 1 is 1.20 bits per heavy atom. The Morgan fingerprint density at radius 2 is 1.95 bits per heavy atom. The molecule has 0 spiro atoms. The molecule has 108 valence electrons. The Labute approximate surface area is 122 Å². The molecule has 0 saturated heterocycles. The van der Waals surface area contributed by atoms with E-state index in [0.717, 1.165) is 29.5 Å². The van der Waals surface area contributed by atoms with Crippen LogP contribution < -0.4 is 5.32 Å². The van der Waals surface area contributed by atoms with Crippen LogP contribution in [0.3, 0.4) is 0 Å². The monoisotopic (exact) mass is 295 g/mol. The summed E-state index contributed by atoms with van der Waals surface area (Å²) in [4.78, 5) is 2.32. The maximum absolute atomic E-state index is 14.1. The van der Waals surface area contributed by atoms with Gasteiger partial charge in [0.2, 0.25) is 0 Å². The molecule has 1 aromatic heterocycles. The van der Waals surface area contributed by atoms with Crippen LogP contribution in [0.1, 0.15) is 40.3 Å². The van der Waals surface area contributed by atoms with Gasteiger partial charge in [0, 0.05) is 15.3 Å². The quantitative estimate of drug-likeness (QED) is 0.840. The first kappa shape index (κ1) is 15.1. The highest BCUT2D eigenvalue weighted by molar-refractivity contribution is 7.12. The lowest BCUT2D eigenvalue weighted by atomic mass is 9.98. The second-order valence-corrected chi connectivity index (χ2v) is 6.36. The van der Waals surface area contributed by atoms with E-state index in [2.05, 4.69) is 18.3 Å². The number of aryl methyl sites for hydroxylation is 2. The van der Waals surface area contributed by atoms with E-state index in [0.29, 0.717) is 5.56 Å². The fourth-order valence-corrected chi connectivity index (χ4v) is 3.32. The molecule has 1 N–H and O–H groups in total. The van der Waals surface area contributed by atoms with Crippen LogP contribution >= 0.6 is 11.3 Å². The Morgan fingerprint density at radius 3 is 2.55 bits per heavy atom. The van der Waals surface area contributed by atoms with Gasteiger partial charge in [-0.1, -0.05) is 19.1 Å². The van der Waals surface area contributed by atoms with Crippen LogP contribution in [-0.2, 0) is 0 Å². The molecule has 1 aromatic carbocycles. The predicted octanol–water partition coefficient (Wildman–Crippen LogP) is 4.73. The van der Waals surface area contributed by atoms with E-state index in [1.807, 2.05) is 13.8 Å². The van der Waals surface area contributed by atoms with E-state index >= 15 is 0 Å². The third-order valence-corrected chi connectivity index (χ3v) is 4.26. The van der Waals surface area contributed by atoms with Crippen LogP contribution in [0.25, 0.3) is 0 Å². The largest absolute Gasteiger partial charge is 0.306 e. The molecule has 1 atom stereocenters. The van der Waals surface area contributed by atoms with E-state index in [1.165, 1.54) is 4.88 Å². The van der Waals surface area contributed by atoms with Crippen LogP contribution in [0.5, 0.6) is 0 Å². The normalized spacial score (nSPS) is 12.7. The lowest BCUT2D eigenvalue weighted by Gasteiger charge is -2.20. The first-order valence-corrected chi connectivity index (χ1v) is 7.60. The summed E-state index contributed by atoms with van der Waals surface area (Å²) in [6.07, 6.45) is 0.940. The van der Waals surface area contributed by atoms with Gasteiger partial charge in [-0.15, -0.1) is 11.3 Å². The minimum atomic E-state index is -0.796. The molecule has 0 radical (unpaired) electrons. The van der Waals surface area contributed by atoms with Gasteiger partial charge in [0.05, 0.1) is 6.04 Å². The average Bonchev–Trinajstić information content (AvgIpc) is 2.74. The molecular formula is C16H19F2NS. The van der Waals surface area contributed by atoms with Crippen LogP contribution in [0.2, 0.25) is 0 Å². The molecule has 2 rings (SSSR count). The van der Waals surface area contributed by atoms with Crippen molar-refractivity contribution in [3.05, 3.63) is 56.8 Å². The van der Waals surface area contributed by atoms with E-state index in [1.54, 1.807) is 23.5 Å². The van der Waals surface area contributed by atoms with Crippen molar-refractivity contribution in [3.63, 3.8) is 0 Å². The first-order chi connectivity index (χ1) is 9.54. The number of hydrogen-bond donors (Lipinski definition) is 1. The van der Waals surface area contributed by atoms with Gasteiger partial charge in [0.15, 0.2) is 11.6 Å². The summed E-state index contributed by atoms with van der Waals surface area (Å²) in [7, 11) is 0. The molecule has 0 aliphatic carbocycles. The van der Waals surface area contributed by atoms with E-state index in [4.69, 9.17) is 0 Å². The van der Waals surface area contributed by atoms with Crippen molar-refractivity contribution < 1.29 is 8.78 Å². The van der Waals surface area contributed by atoms with Gasteiger partial charge in [-0.05, 0) is 44.5 Å². The molecule has 1 nitrogen and oxygen atoms in total. The highest BCUT2D eigenvalue weighted by Crippen LogP contribution is 2.32. The van der Waals surface area contributed by atoms with Crippen molar-refractivity contribution in [3.8, 4) is 0 Å². The Bertz CT molecular complexity index is 592. The number of benzene rings is 1. The molecule has 1 unspecified atom stereocenters. The maximum atomic E-state index is 14.1. The molecule has 0 fully saturated rings. The molecule has 20 heavy (non-hydrogen) atoms. The number of thiophene rings is 1. The molecule has 4 heteroatoms. The molecule has 0 aliphatic heterocycles. The number of nitrogens with one attached hydrogen (secondary N) is 1. The highest BCUT2D eigenvalue weighted by atomic mass is 32.1. The van der Waals surface area contributed by atoms with Crippen LogP contribution in [0.4, 0.5) is 8.78 Å². The summed E-state index contributed by atoms with van der Waals surface area (Å²) in [5, 5.41) is 3.32. The van der Waals surface area contributed by atoms with Gasteiger partial charge >= 0.3 is 0 Å². The van der Waals surface area contributed by atoms with Crippen molar-refractivity contribution in [2.24, 2.45) is 0 Å². The summed E-state index contributed by atoms with van der Waals surface area (Å²) in [5.41, 5.74) is 1.41. The summed E-state index contributed by atoms with van der Waals surface area (Å²) < 4.78 is 27.6. The summed E-state index contributed by atoms with van der Waals surface area (Å²) in [6.45, 7) is 6.86. The van der Waals surface area contributed by atoms with Gasteiger partial charge < -0.3 is 5.32 Å². The van der Waals surface area contributed by atoms with Crippen molar-refractivity contribution in [1.29, 1.82) is 0 Å². The smallest absolute Gasteiger partial charge is 0.163 e. The topological polar surface area (TPSA) is 12.0 Å². The zero-order valence-electron chi connectivity index (χ0n) is 12.0. The fraction of sp³-hybridized carbons (Fsp3) is 0.375. The van der Waals surface area contributed by atoms with Crippen molar-refractivity contribution in [2.45, 2.75) is 33.2 Å². The standard InChI is InChI=1S/C16H19F2NS/c1-4-8-19-16(13-9-10(2)20-11(13)3)12-6-5-7-14(17)15(12)18/h5-7,9,16,19H,4,8H2,1-3H3. The van der Waals surface area contributed by atoms with Gasteiger partial charge in [-0.3, -0.25) is 0 Å². The Balaban J connectivity index is 2.47. The van der Waals surface area contributed by atoms with Crippen LogP contribution in [-0.4, -0.2) is 6.54 Å². The average molecular weight is 295 g/mol. The van der Waals surface area contributed by atoms with Crippen molar-refractivity contribution >= 4 is 11.3 Å². The van der Waals surface area contributed by atoms with Gasteiger partial charge in [0.25, 0.3) is 0 Å². The summed E-state index contributed by atoms with van der Waals surface area (Å²) >= 11 is 1.68.